The molecule has 0 aliphatic rings. The molecule has 0 radical (unpaired) electrons. The molecule has 0 amide bonds. The number of fused-ring (bicyclic) bond motifs is 6. The summed E-state index contributed by atoms with van der Waals surface area (Å²) in [6.45, 7) is 0. The molecule has 11 aromatic rings. The van der Waals surface area contributed by atoms with Gasteiger partial charge in [0.05, 0.1) is 11.0 Å². The Morgan fingerprint density at radius 1 is 0.304 bits per heavy atom. The highest BCUT2D eigenvalue weighted by atomic mass is 16.3. The number of para-hydroxylation sites is 1. The van der Waals surface area contributed by atoms with Crippen LogP contribution in [-0.2, 0) is 0 Å². The molecule has 0 fully saturated rings. The summed E-state index contributed by atoms with van der Waals surface area (Å²) in [6.07, 6.45) is 0. The van der Waals surface area contributed by atoms with E-state index in [0.717, 1.165) is 66.5 Å². The number of nitrogens with zero attached hydrogens (tertiary/aromatic N) is 4. The molecular formula is C51H32N4O. The molecule has 3 heterocycles. The highest BCUT2D eigenvalue weighted by Gasteiger charge is 2.19. The van der Waals surface area contributed by atoms with Crippen LogP contribution in [0.4, 0.5) is 0 Å². The second kappa shape index (κ2) is 13.0. The van der Waals surface area contributed by atoms with E-state index >= 15 is 0 Å². The van der Waals surface area contributed by atoms with Gasteiger partial charge in [-0.2, -0.15) is 0 Å². The number of benzene rings is 8. The third kappa shape index (κ3) is 5.45. The quantitative estimate of drug-likeness (QED) is 0.172. The van der Waals surface area contributed by atoms with E-state index in [0.29, 0.717) is 17.5 Å². The highest BCUT2D eigenvalue weighted by Crippen LogP contribution is 2.41. The summed E-state index contributed by atoms with van der Waals surface area (Å²) in [4.78, 5) is 14.8. The minimum absolute atomic E-state index is 0.593. The monoisotopic (exact) mass is 716 g/mol. The van der Waals surface area contributed by atoms with Crippen molar-refractivity contribution >= 4 is 43.7 Å². The van der Waals surface area contributed by atoms with Crippen LogP contribution < -0.4 is 0 Å². The number of rotatable bonds is 6. The van der Waals surface area contributed by atoms with Crippen LogP contribution in [0.1, 0.15) is 0 Å². The number of hydrogen-bond acceptors (Lipinski definition) is 4. The topological polar surface area (TPSA) is 56.7 Å². The predicted octanol–water partition coefficient (Wildman–Crippen LogP) is 13.2. The molecule has 0 aliphatic heterocycles. The van der Waals surface area contributed by atoms with Gasteiger partial charge in [-0.3, -0.25) is 0 Å². The van der Waals surface area contributed by atoms with E-state index in [9.17, 15) is 0 Å². The molecule has 0 spiro atoms. The Kier molecular flexibility index (Phi) is 7.42. The summed E-state index contributed by atoms with van der Waals surface area (Å²) in [5, 5.41) is 4.47. The van der Waals surface area contributed by atoms with Gasteiger partial charge in [0.25, 0.3) is 0 Å². The SMILES string of the molecule is c1ccc(-c2cc(-c3ccccc3)cc(-n3c4ccccc4c4cc5c(cc43)oc3cc(-c4nc(-c6ccccc6)nc(-c6ccccc6)n4)ccc35)c2)cc1. The van der Waals surface area contributed by atoms with Gasteiger partial charge in [0.2, 0.25) is 0 Å². The first-order valence-electron chi connectivity index (χ1n) is 18.8. The third-order valence-corrected chi connectivity index (χ3v) is 10.6. The molecule has 262 valence electrons. The van der Waals surface area contributed by atoms with Crippen LogP contribution >= 0.6 is 0 Å². The molecule has 0 unspecified atom stereocenters. The van der Waals surface area contributed by atoms with Crippen molar-refractivity contribution in [3.05, 3.63) is 194 Å². The van der Waals surface area contributed by atoms with Gasteiger partial charge in [-0.1, -0.05) is 146 Å². The summed E-state index contributed by atoms with van der Waals surface area (Å²) in [5.41, 5.74) is 12.3. The first-order chi connectivity index (χ1) is 27.7. The molecule has 0 aliphatic carbocycles. The van der Waals surface area contributed by atoms with E-state index in [1.165, 1.54) is 21.9 Å². The van der Waals surface area contributed by atoms with E-state index in [-0.39, 0.29) is 0 Å². The molecule has 0 saturated heterocycles. The van der Waals surface area contributed by atoms with Crippen molar-refractivity contribution in [1.82, 2.24) is 19.5 Å². The van der Waals surface area contributed by atoms with Gasteiger partial charge in [-0.15, -0.1) is 0 Å². The van der Waals surface area contributed by atoms with Crippen molar-refractivity contribution in [2.24, 2.45) is 0 Å². The Hall–Kier alpha value is -7.63. The van der Waals surface area contributed by atoms with Gasteiger partial charge in [0.15, 0.2) is 17.5 Å². The molecule has 0 atom stereocenters. The van der Waals surface area contributed by atoms with Crippen LogP contribution in [0.5, 0.6) is 0 Å². The van der Waals surface area contributed by atoms with Gasteiger partial charge in [-0.25, -0.2) is 15.0 Å². The molecule has 11 rings (SSSR count). The number of furan rings is 1. The Balaban J connectivity index is 1.10. The van der Waals surface area contributed by atoms with Crippen molar-refractivity contribution < 1.29 is 4.42 Å². The van der Waals surface area contributed by atoms with Crippen molar-refractivity contribution in [2.75, 3.05) is 0 Å². The summed E-state index contributed by atoms with van der Waals surface area (Å²) in [6, 6.07) is 67.6. The van der Waals surface area contributed by atoms with E-state index in [4.69, 9.17) is 19.4 Å². The maximum atomic E-state index is 6.74. The van der Waals surface area contributed by atoms with Crippen LogP contribution in [0.2, 0.25) is 0 Å². The largest absolute Gasteiger partial charge is 0.456 e. The summed E-state index contributed by atoms with van der Waals surface area (Å²) in [7, 11) is 0. The molecule has 5 heteroatoms. The molecule has 5 nitrogen and oxygen atoms in total. The summed E-state index contributed by atoms with van der Waals surface area (Å²) < 4.78 is 9.12. The Labute approximate surface area is 322 Å². The van der Waals surface area contributed by atoms with Crippen LogP contribution in [0.15, 0.2) is 199 Å². The maximum absolute atomic E-state index is 6.74. The fourth-order valence-electron chi connectivity index (χ4n) is 7.93. The summed E-state index contributed by atoms with van der Waals surface area (Å²) in [5.74, 6) is 1.84. The molecule has 0 saturated carbocycles. The second-order valence-electron chi connectivity index (χ2n) is 14.1. The standard InChI is InChI=1S/C51H32N4O/c1-5-15-33(16-6-1)38-27-39(34-17-7-2-8-18-34)29-40(28-38)55-45-24-14-13-23-41(45)43-31-44-42-26-25-37(30-47(42)56-48(44)32-46(43)55)51-53-49(35-19-9-3-10-20-35)52-50(54-51)36-21-11-4-12-22-36/h1-32H. The normalized spacial score (nSPS) is 11.6. The molecule has 0 bridgehead atoms. The van der Waals surface area contributed by atoms with Gasteiger partial charge >= 0.3 is 0 Å². The lowest BCUT2D eigenvalue weighted by molar-refractivity contribution is 0.669. The molecule has 56 heavy (non-hydrogen) atoms. The van der Waals surface area contributed by atoms with Gasteiger partial charge < -0.3 is 8.98 Å². The first-order valence-corrected chi connectivity index (χ1v) is 18.8. The lowest BCUT2D eigenvalue weighted by atomic mass is 9.98. The predicted molar refractivity (Wildman–Crippen MR) is 229 cm³/mol. The van der Waals surface area contributed by atoms with Crippen LogP contribution in [0.25, 0.3) is 106 Å². The lowest BCUT2D eigenvalue weighted by Gasteiger charge is -2.14. The zero-order valence-corrected chi connectivity index (χ0v) is 30.2. The van der Waals surface area contributed by atoms with Gasteiger partial charge in [0.1, 0.15) is 11.2 Å². The minimum atomic E-state index is 0.593. The zero-order chi connectivity index (χ0) is 37.0. The maximum Gasteiger partial charge on any atom is 0.164 e. The van der Waals surface area contributed by atoms with Crippen molar-refractivity contribution in [3.63, 3.8) is 0 Å². The Morgan fingerprint density at radius 3 is 1.39 bits per heavy atom. The van der Waals surface area contributed by atoms with E-state index < -0.39 is 0 Å². The second-order valence-corrected chi connectivity index (χ2v) is 14.1. The average Bonchev–Trinajstić information content (AvgIpc) is 3.80. The Bertz CT molecular complexity index is 3110. The van der Waals surface area contributed by atoms with Crippen LogP contribution in [0, 0.1) is 0 Å². The van der Waals surface area contributed by atoms with Crippen molar-refractivity contribution in [3.8, 4) is 62.1 Å². The molecule has 3 aromatic heterocycles. The van der Waals surface area contributed by atoms with Crippen LogP contribution in [0.3, 0.4) is 0 Å². The fraction of sp³-hybridized carbons (Fsp3) is 0. The van der Waals surface area contributed by atoms with Crippen molar-refractivity contribution in [2.45, 2.75) is 0 Å². The van der Waals surface area contributed by atoms with Crippen LogP contribution in [-0.4, -0.2) is 19.5 Å². The lowest BCUT2D eigenvalue weighted by Crippen LogP contribution is -2.00. The Morgan fingerprint density at radius 2 is 0.804 bits per heavy atom. The molecule has 8 aromatic carbocycles. The molecule has 0 N–H and O–H groups in total. The average molecular weight is 717 g/mol. The van der Waals surface area contributed by atoms with Gasteiger partial charge in [0, 0.05) is 50.0 Å². The van der Waals surface area contributed by atoms with E-state index in [1.807, 2.05) is 60.7 Å². The van der Waals surface area contributed by atoms with E-state index in [2.05, 4.69) is 138 Å². The molecular weight excluding hydrogens is 685 g/mol. The van der Waals surface area contributed by atoms with Gasteiger partial charge in [-0.05, 0) is 64.7 Å². The highest BCUT2D eigenvalue weighted by molar-refractivity contribution is 6.17. The summed E-state index contributed by atoms with van der Waals surface area (Å²) >= 11 is 0. The zero-order valence-electron chi connectivity index (χ0n) is 30.2. The third-order valence-electron chi connectivity index (χ3n) is 10.6. The fourth-order valence-corrected chi connectivity index (χ4v) is 7.93. The first kappa shape index (κ1) is 31.9. The van der Waals surface area contributed by atoms with E-state index in [1.54, 1.807) is 0 Å². The number of hydrogen-bond donors (Lipinski definition) is 0. The number of aromatic nitrogens is 4. The van der Waals surface area contributed by atoms with Crippen molar-refractivity contribution in [1.29, 1.82) is 0 Å². The smallest absolute Gasteiger partial charge is 0.164 e. The minimum Gasteiger partial charge on any atom is -0.456 e.